The standard InChI is InChI=1S/C14H22N2O3/c1-4-7-15-10-14(17)16-9-11-5-6-12(18-2)8-13(11)19-3/h5-6,8,15H,4,7,9-10H2,1-3H3,(H,16,17). The summed E-state index contributed by atoms with van der Waals surface area (Å²) in [5.74, 6) is 1.42. The van der Waals surface area contributed by atoms with Crippen molar-refractivity contribution in [3.63, 3.8) is 0 Å². The molecule has 1 amide bonds. The van der Waals surface area contributed by atoms with Crippen LogP contribution in [0.4, 0.5) is 0 Å². The van der Waals surface area contributed by atoms with E-state index in [1.807, 2.05) is 12.1 Å². The van der Waals surface area contributed by atoms with Crippen molar-refractivity contribution in [2.24, 2.45) is 0 Å². The van der Waals surface area contributed by atoms with E-state index in [1.165, 1.54) is 0 Å². The monoisotopic (exact) mass is 266 g/mol. The topological polar surface area (TPSA) is 59.6 Å². The van der Waals surface area contributed by atoms with Gasteiger partial charge < -0.3 is 20.1 Å². The molecule has 1 aromatic rings. The average Bonchev–Trinajstić information content (AvgIpc) is 2.45. The molecular weight excluding hydrogens is 244 g/mol. The molecule has 0 radical (unpaired) electrons. The number of ether oxygens (including phenoxy) is 2. The summed E-state index contributed by atoms with van der Waals surface area (Å²) in [4.78, 5) is 11.6. The quantitative estimate of drug-likeness (QED) is 0.697. The molecule has 0 fully saturated rings. The number of rotatable bonds is 8. The molecule has 0 saturated heterocycles. The number of methoxy groups -OCH3 is 2. The van der Waals surface area contributed by atoms with E-state index in [9.17, 15) is 4.79 Å². The molecule has 0 aliphatic rings. The number of carbonyl (C=O) groups is 1. The maximum Gasteiger partial charge on any atom is 0.234 e. The van der Waals surface area contributed by atoms with Crippen molar-refractivity contribution in [1.29, 1.82) is 0 Å². The van der Waals surface area contributed by atoms with Crippen molar-refractivity contribution >= 4 is 5.91 Å². The largest absolute Gasteiger partial charge is 0.497 e. The number of benzene rings is 1. The Bertz CT molecular complexity index is 408. The van der Waals surface area contributed by atoms with Crippen LogP contribution in [-0.2, 0) is 11.3 Å². The van der Waals surface area contributed by atoms with Crippen LogP contribution >= 0.6 is 0 Å². The maximum atomic E-state index is 11.6. The highest BCUT2D eigenvalue weighted by atomic mass is 16.5. The lowest BCUT2D eigenvalue weighted by Gasteiger charge is -2.11. The van der Waals surface area contributed by atoms with Crippen LogP contribution in [0.15, 0.2) is 18.2 Å². The van der Waals surface area contributed by atoms with Gasteiger partial charge >= 0.3 is 0 Å². The van der Waals surface area contributed by atoms with Crippen molar-refractivity contribution in [3.05, 3.63) is 23.8 Å². The summed E-state index contributed by atoms with van der Waals surface area (Å²) in [6.07, 6.45) is 1.01. The number of amides is 1. The third-order valence-electron chi connectivity index (χ3n) is 2.68. The van der Waals surface area contributed by atoms with E-state index in [0.717, 1.165) is 24.3 Å². The lowest BCUT2D eigenvalue weighted by molar-refractivity contribution is -0.120. The Kier molecular flexibility index (Phi) is 6.74. The first-order valence-electron chi connectivity index (χ1n) is 6.39. The van der Waals surface area contributed by atoms with Crippen LogP contribution in [0, 0.1) is 0 Å². The predicted molar refractivity (Wildman–Crippen MR) is 74.6 cm³/mol. The van der Waals surface area contributed by atoms with Gasteiger partial charge in [0.15, 0.2) is 0 Å². The zero-order valence-corrected chi connectivity index (χ0v) is 11.8. The number of hydrogen-bond acceptors (Lipinski definition) is 4. The summed E-state index contributed by atoms with van der Waals surface area (Å²) in [6, 6.07) is 5.54. The Hall–Kier alpha value is -1.75. The summed E-state index contributed by atoms with van der Waals surface area (Å²) in [5.41, 5.74) is 0.923. The zero-order chi connectivity index (χ0) is 14.1. The first kappa shape index (κ1) is 15.3. The average molecular weight is 266 g/mol. The van der Waals surface area contributed by atoms with Crippen molar-refractivity contribution in [2.45, 2.75) is 19.9 Å². The Balaban J connectivity index is 2.50. The van der Waals surface area contributed by atoms with Gasteiger partial charge in [0.1, 0.15) is 11.5 Å². The van der Waals surface area contributed by atoms with Crippen molar-refractivity contribution < 1.29 is 14.3 Å². The smallest absolute Gasteiger partial charge is 0.234 e. The zero-order valence-electron chi connectivity index (χ0n) is 11.8. The molecule has 5 nitrogen and oxygen atoms in total. The molecule has 0 spiro atoms. The Morgan fingerprint density at radius 1 is 1.26 bits per heavy atom. The van der Waals surface area contributed by atoms with E-state index in [2.05, 4.69) is 17.6 Å². The number of hydrogen-bond donors (Lipinski definition) is 2. The highest BCUT2D eigenvalue weighted by Crippen LogP contribution is 2.24. The van der Waals surface area contributed by atoms with Gasteiger partial charge in [-0.3, -0.25) is 4.79 Å². The lowest BCUT2D eigenvalue weighted by atomic mass is 10.2. The van der Waals surface area contributed by atoms with Gasteiger partial charge in [0, 0.05) is 18.2 Å². The molecular formula is C14H22N2O3. The van der Waals surface area contributed by atoms with Gasteiger partial charge in [0.05, 0.1) is 20.8 Å². The second-order valence-electron chi connectivity index (χ2n) is 4.13. The molecule has 0 atom stereocenters. The summed E-state index contributed by atoms with van der Waals surface area (Å²) in [5, 5.41) is 5.90. The molecule has 0 bridgehead atoms. The van der Waals surface area contributed by atoms with E-state index < -0.39 is 0 Å². The van der Waals surface area contributed by atoms with Gasteiger partial charge in [0.25, 0.3) is 0 Å². The second kappa shape index (κ2) is 8.37. The van der Waals surface area contributed by atoms with Gasteiger partial charge in [-0.15, -0.1) is 0 Å². The second-order valence-corrected chi connectivity index (χ2v) is 4.13. The molecule has 0 unspecified atom stereocenters. The maximum absolute atomic E-state index is 11.6. The van der Waals surface area contributed by atoms with Crippen molar-refractivity contribution in [2.75, 3.05) is 27.3 Å². The highest BCUT2D eigenvalue weighted by Gasteiger charge is 2.06. The molecule has 1 rings (SSSR count). The van der Waals surface area contributed by atoms with E-state index in [4.69, 9.17) is 9.47 Å². The third-order valence-corrected chi connectivity index (χ3v) is 2.68. The minimum absolute atomic E-state index is 0.0219. The fraction of sp³-hybridized carbons (Fsp3) is 0.500. The van der Waals surface area contributed by atoms with Crippen LogP contribution in [0.5, 0.6) is 11.5 Å². The fourth-order valence-electron chi connectivity index (χ4n) is 1.63. The molecule has 0 saturated carbocycles. The minimum Gasteiger partial charge on any atom is -0.497 e. The highest BCUT2D eigenvalue weighted by molar-refractivity contribution is 5.78. The Labute approximate surface area is 114 Å². The minimum atomic E-state index is -0.0219. The van der Waals surface area contributed by atoms with E-state index in [1.54, 1.807) is 20.3 Å². The van der Waals surface area contributed by atoms with Crippen LogP contribution in [-0.4, -0.2) is 33.2 Å². The van der Waals surface area contributed by atoms with Crippen LogP contribution < -0.4 is 20.1 Å². The molecule has 19 heavy (non-hydrogen) atoms. The molecule has 0 aliphatic heterocycles. The summed E-state index contributed by atoms with van der Waals surface area (Å²) < 4.78 is 10.4. The molecule has 0 aliphatic carbocycles. The SMILES string of the molecule is CCCNCC(=O)NCc1ccc(OC)cc1OC. The first-order chi connectivity index (χ1) is 9.21. The van der Waals surface area contributed by atoms with Gasteiger partial charge in [-0.25, -0.2) is 0 Å². The van der Waals surface area contributed by atoms with Crippen LogP contribution in [0.3, 0.4) is 0 Å². The lowest BCUT2D eigenvalue weighted by Crippen LogP contribution is -2.33. The van der Waals surface area contributed by atoms with E-state index in [-0.39, 0.29) is 5.91 Å². The molecule has 106 valence electrons. The first-order valence-corrected chi connectivity index (χ1v) is 6.39. The van der Waals surface area contributed by atoms with E-state index >= 15 is 0 Å². The normalized spacial score (nSPS) is 10.1. The Morgan fingerprint density at radius 2 is 2.05 bits per heavy atom. The summed E-state index contributed by atoms with van der Waals surface area (Å²) in [6.45, 7) is 3.69. The van der Waals surface area contributed by atoms with Gasteiger partial charge in [-0.2, -0.15) is 0 Å². The Morgan fingerprint density at radius 3 is 2.68 bits per heavy atom. The van der Waals surface area contributed by atoms with Gasteiger partial charge in [0.2, 0.25) is 5.91 Å². The van der Waals surface area contributed by atoms with Crippen molar-refractivity contribution in [3.8, 4) is 11.5 Å². The molecule has 2 N–H and O–H groups in total. The van der Waals surface area contributed by atoms with Gasteiger partial charge in [-0.05, 0) is 25.1 Å². The van der Waals surface area contributed by atoms with Crippen LogP contribution in [0.1, 0.15) is 18.9 Å². The summed E-state index contributed by atoms with van der Waals surface area (Å²) in [7, 11) is 3.21. The summed E-state index contributed by atoms with van der Waals surface area (Å²) >= 11 is 0. The molecule has 5 heteroatoms. The number of nitrogens with one attached hydrogen (secondary N) is 2. The fourth-order valence-corrected chi connectivity index (χ4v) is 1.63. The third kappa shape index (κ3) is 5.18. The van der Waals surface area contributed by atoms with E-state index in [0.29, 0.717) is 18.8 Å². The van der Waals surface area contributed by atoms with Gasteiger partial charge in [-0.1, -0.05) is 6.92 Å². The van der Waals surface area contributed by atoms with Crippen LogP contribution in [0.2, 0.25) is 0 Å². The molecule has 1 aromatic carbocycles. The predicted octanol–water partition coefficient (Wildman–Crippen LogP) is 1.32. The number of carbonyl (C=O) groups excluding carboxylic acids is 1. The van der Waals surface area contributed by atoms with Crippen LogP contribution in [0.25, 0.3) is 0 Å². The molecule has 0 aromatic heterocycles. The van der Waals surface area contributed by atoms with Crippen molar-refractivity contribution in [1.82, 2.24) is 10.6 Å². The molecule has 0 heterocycles.